The Morgan fingerprint density at radius 1 is 1.17 bits per heavy atom. The molecule has 148 valence electrons. The molecule has 3 atom stereocenters. The second-order valence-electron chi connectivity index (χ2n) is 8.54. The van der Waals surface area contributed by atoms with E-state index in [1.807, 2.05) is 30.3 Å². The van der Waals surface area contributed by atoms with E-state index in [1.54, 1.807) is 12.3 Å². The van der Waals surface area contributed by atoms with Crippen LogP contribution in [0.4, 0.5) is 5.82 Å². The number of nitriles is 1. The van der Waals surface area contributed by atoms with Crippen molar-refractivity contribution in [2.45, 2.75) is 62.1 Å². The van der Waals surface area contributed by atoms with Crippen LogP contribution in [0.3, 0.4) is 0 Å². The van der Waals surface area contributed by atoms with Crippen molar-refractivity contribution in [1.29, 1.82) is 5.26 Å². The summed E-state index contributed by atoms with van der Waals surface area (Å²) in [5, 5.41) is 13.2. The lowest BCUT2D eigenvalue weighted by molar-refractivity contribution is -0.124. The fraction of sp³-hybridized carbons (Fsp3) is 0.435. The molecule has 2 aromatic rings. The van der Waals surface area contributed by atoms with Crippen molar-refractivity contribution in [1.82, 2.24) is 10.3 Å². The van der Waals surface area contributed by atoms with Gasteiger partial charge in [0.25, 0.3) is 0 Å². The molecule has 1 aromatic carbocycles. The second kappa shape index (κ2) is 7.03. The van der Waals surface area contributed by atoms with Crippen molar-refractivity contribution in [3.05, 3.63) is 58.7 Å². The number of carbonyl (C=O) groups is 1. The van der Waals surface area contributed by atoms with Gasteiger partial charge >= 0.3 is 0 Å². The van der Waals surface area contributed by atoms with Crippen molar-refractivity contribution in [2.24, 2.45) is 0 Å². The molecule has 1 saturated carbocycles. The van der Waals surface area contributed by atoms with Gasteiger partial charge in [-0.3, -0.25) is 4.79 Å². The van der Waals surface area contributed by atoms with Gasteiger partial charge in [-0.15, -0.1) is 0 Å². The summed E-state index contributed by atoms with van der Waals surface area (Å²) in [6, 6.07) is 14.4. The number of nitrogens with zero attached hydrogens (tertiary/aromatic N) is 3. The number of rotatable bonds is 4. The summed E-state index contributed by atoms with van der Waals surface area (Å²) < 4.78 is 0. The molecule has 5 rings (SSSR count). The van der Waals surface area contributed by atoms with E-state index in [0.29, 0.717) is 22.7 Å². The predicted octanol–water partition coefficient (Wildman–Crippen LogP) is 3.95. The Hall–Kier alpha value is -2.58. The fourth-order valence-electron chi connectivity index (χ4n) is 5.16. The Kier molecular flexibility index (Phi) is 4.48. The summed E-state index contributed by atoms with van der Waals surface area (Å²) in [7, 11) is 0. The Balaban J connectivity index is 1.29. The summed E-state index contributed by atoms with van der Waals surface area (Å²) in [6.45, 7) is 0. The van der Waals surface area contributed by atoms with Gasteiger partial charge in [0.15, 0.2) is 0 Å². The van der Waals surface area contributed by atoms with Crippen molar-refractivity contribution >= 4 is 23.3 Å². The van der Waals surface area contributed by atoms with Crippen LogP contribution in [0.5, 0.6) is 0 Å². The molecular weight excluding hydrogens is 384 g/mol. The summed E-state index contributed by atoms with van der Waals surface area (Å²) in [5.74, 6) is 1.04. The first-order valence-corrected chi connectivity index (χ1v) is 10.7. The zero-order chi connectivity index (χ0) is 20.0. The zero-order valence-electron chi connectivity index (χ0n) is 16.1. The molecule has 2 saturated heterocycles. The molecule has 5 nitrogen and oxygen atoms in total. The monoisotopic (exact) mass is 406 g/mol. The molecule has 3 aliphatic rings. The van der Waals surface area contributed by atoms with E-state index >= 15 is 0 Å². The molecule has 29 heavy (non-hydrogen) atoms. The number of anilines is 1. The summed E-state index contributed by atoms with van der Waals surface area (Å²) >= 11 is 6.01. The van der Waals surface area contributed by atoms with Gasteiger partial charge in [0.1, 0.15) is 5.82 Å². The van der Waals surface area contributed by atoms with Crippen LogP contribution in [-0.4, -0.2) is 29.0 Å². The van der Waals surface area contributed by atoms with Gasteiger partial charge in [-0.2, -0.15) is 5.26 Å². The number of fused-ring (bicyclic) bond motifs is 2. The number of amides is 1. The average Bonchev–Trinajstić information content (AvgIpc) is 3.50. The van der Waals surface area contributed by atoms with Gasteiger partial charge < -0.3 is 10.2 Å². The van der Waals surface area contributed by atoms with Crippen molar-refractivity contribution < 1.29 is 4.79 Å². The van der Waals surface area contributed by atoms with E-state index in [-0.39, 0.29) is 17.4 Å². The molecule has 3 heterocycles. The Morgan fingerprint density at radius 3 is 2.48 bits per heavy atom. The van der Waals surface area contributed by atoms with E-state index in [2.05, 4.69) is 21.3 Å². The second-order valence-corrected chi connectivity index (χ2v) is 8.97. The van der Waals surface area contributed by atoms with E-state index < -0.39 is 0 Å². The largest absolute Gasteiger partial charge is 0.352 e. The van der Waals surface area contributed by atoms with Gasteiger partial charge in [-0.1, -0.05) is 23.7 Å². The van der Waals surface area contributed by atoms with Crippen molar-refractivity contribution in [2.75, 3.05) is 4.90 Å². The minimum Gasteiger partial charge on any atom is -0.352 e. The fourth-order valence-corrected chi connectivity index (χ4v) is 5.29. The maximum atomic E-state index is 13.1. The third kappa shape index (κ3) is 3.26. The van der Waals surface area contributed by atoms with Crippen LogP contribution in [0.1, 0.15) is 49.7 Å². The van der Waals surface area contributed by atoms with Crippen molar-refractivity contribution in [3.8, 4) is 6.07 Å². The summed E-state index contributed by atoms with van der Waals surface area (Å²) in [4.78, 5) is 20.0. The summed E-state index contributed by atoms with van der Waals surface area (Å²) in [6.07, 6.45) is 7.59. The number of hydrogen-bond acceptors (Lipinski definition) is 4. The van der Waals surface area contributed by atoms with Crippen LogP contribution >= 0.6 is 11.6 Å². The Labute approximate surface area is 175 Å². The highest BCUT2D eigenvalue weighted by Gasteiger charge is 2.52. The smallest absolute Gasteiger partial charge is 0.230 e. The number of carbonyl (C=O) groups excluding carboxylic acids is 1. The standard InChI is InChI=1S/C23H23ClN4O/c24-17-3-1-16(2-4-17)23(8-9-23)22(29)27-18-12-19-5-6-20(13-18)28(19)21-11-15(14-25)7-10-26-21/h1-4,7,10-11,18-20H,5-6,8-9,12-13H2,(H,27,29)/t18-,19+,20-. The first-order valence-electron chi connectivity index (χ1n) is 10.3. The maximum absolute atomic E-state index is 13.1. The zero-order valence-corrected chi connectivity index (χ0v) is 16.9. The number of nitrogens with one attached hydrogen (secondary N) is 1. The topological polar surface area (TPSA) is 69.0 Å². The highest BCUT2D eigenvalue weighted by atomic mass is 35.5. The number of hydrogen-bond donors (Lipinski definition) is 1. The van der Waals surface area contributed by atoms with Gasteiger partial charge in [0.2, 0.25) is 5.91 Å². The average molecular weight is 407 g/mol. The highest BCUT2D eigenvalue weighted by Crippen LogP contribution is 2.49. The van der Waals surface area contributed by atoms with Gasteiger partial charge in [0.05, 0.1) is 17.0 Å². The Morgan fingerprint density at radius 2 is 1.86 bits per heavy atom. The van der Waals surface area contributed by atoms with Crippen LogP contribution in [0, 0.1) is 11.3 Å². The first-order chi connectivity index (χ1) is 14.1. The molecular formula is C23H23ClN4O. The lowest BCUT2D eigenvalue weighted by Gasteiger charge is -2.40. The first kappa shape index (κ1) is 18.4. The quantitative estimate of drug-likeness (QED) is 0.834. The number of pyridine rings is 1. The van der Waals surface area contributed by atoms with Crippen molar-refractivity contribution in [3.63, 3.8) is 0 Å². The van der Waals surface area contributed by atoms with Gasteiger partial charge in [-0.05, 0) is 68.4 Å². The highest BCUT2D eigenvalue weighted by molar-refractivity contribution is 6.30. The molecule has 2 bridgehead atoms. The van der Waals surface area contributed by atoms with E-state index in [9.17, 15) is 10.1 Å². The number of aromatic nitrogens is 1. The van der Waals surface area contributed by atoms with Gasteiger partial charge in [0, 0.05) is 29.3 Å². The SMILES string of the molecule is N#Cc1ccnc(N2[C@@H]3CC[C@H]2C[C@@H](NC(=O)C2(c4ccc(Cl)cc4)CC2)C3)c1. The molecule has 0 spiro atoms. The van der Waals surface area contributed by atoms with Crippen LogP contribution in [-0.2, 0) is 10.2 Å². The number of benzene rings is 1. The lowest BCUT2D eigenvalue weighted by Crippen LogP contribution is -2.52. The van der Waals surface area contributed by atoms with E-state index in [1.165, 1.54) is 0 Å². The number of piperidine rings is 1. The van der Waals surface area contributed by atoms with Crippen LogP contribution in [0.25, 0.3) is 0 Å². The molecule has 6 heteroatoms. The molecule has 1 aliphatic carbocycles. The van der Waals surface area contributed by atoms with E-state index in [0.717, 1.165) is 49.9 Å². The summed E-state index contributed by atoms with van der Waals surface area (Å²) in [5.41, 5.74) is 1.34. The molecule has 0 unspecified atom stereocenters. The van der Waals surface area contributed by atoms with Crippen LogP contribution in [0.2, 0.25) is 5.02 Å². The molecule has 3 fully saturated rings. The molecule has 1 N–H and O–H groups in total. The molecule has 2 aliphatic heterocycles. The number of halogens is 1. The van der Waals surface area contributed by atoms with Crippen LogP contribution < -0.4 is 10.2 Å². The lowest BCUT2D eigenvalue weighted by atomic mass is 9.92. The maximum Gasteiger partial charge on any atom is 0.230 e. The third-order valence-corrected chi connectivity index (χ3v) is 7.04. The molecule has 0 radical (unpaired) electrons. The minimum absolute atomic E-state index is 0.155. The third-order valence-electron chi connectivity index (χ3n) is 6.79. The normalized spacial score (nSPS) is 26.6. The van der Waals surface area contributed by atoms with Crippen LogP contribution in [0.15, 0.2) is 42.6 Å². The molecule has 1 amide bonds. The Bertz CT molecular complexity index is 965. The minimum atomic E-state index is -0.372. The predicted molar refractivity (Wildman–Crippen MR) is 112 cm³/mol. The van der Waals surface area contributed by atoms with E-state index in [4.69, 9.17) is 11.6 Å². The molecule has 1 aromatic heterocycles. The van der Waals surface area contributed by atoms with Gasteiger partial charge in [-0.25, -0.2) is 4.98 Å².